The van der Waals surface area contributed by atoms with Crippen LogP contribution in [0.3, 0.4) is 0 Å². The Morgan fingerprint density at radius 3 is 2.96 bits per heavy atom. The Morgan fingerprint density at radius 1 is 1.32 bits per heavy atom. The highest BCUT2D eigenvalue weighted by molar-refractivity contribution is 5.98. The Kier molecular flexibility index (Phi) is 3.89. The number of para-hydroxylation sites is 1. The summed E-state index contributed by atoms with van der Waals surface area (Å²) in [4.78, 5) is 22.4. The van der Waals surface area contributed by atoms with Crippen molar-refractivity contribution in [3.8, 4) is 0 Å². The summed E-state index contributed by atoms with van der Waals surface area (Å²) in [5.41, 5.74) is 9.74. The van der Waals surface area contributed by atoms with Crippen LogP contribution in [0.5, 0.6) is 0 Å². The fourth-order valence-electron chi connectivity index (χ4n) is 3.26. The molecule has 1 amide bonds. The Hall–Kier alpha value is -2.86. The summed E-state index contributed by atoms with van der Waals surface area (Å²) in [7, 11) is 0. The number of morpholine rings is 1. The number of hydrogen-bond acceptors (Lipinski definition) is 4. The van der Waals surface area contributed by atoms with Crippen LogP contribution in [0, 0.1) is 6.92 Å². The molecule has 3 aromatic rings. The number of pyridine rings is 1. The molecule has 1 aliphatic rings. The average Bonchev–Trinajstić information content (AvgIpc) is 3.04. The van der Waals surface area contributed by atoms with Crippen LogP contribution in [0.15, 0.2) is 42.5 Å². The molecule has 25 heavy (non-hydrogen) atoms. The number of nitrogens with zero attached hydrogens (tertiary/aromatic N) is 2. The second kappa shape index (κ2) is 6.22. The molecule has 4 rings (SSSR count). The van der Waals surface area contributed by atoms with Crippen molar-refractivity contribution in [1.29, 1.82) is 0 Å². The summed E-state index contributed by atoms with van der Waals surface area (Å²) < 4.78 is 5.83. The molecule has 0 saturated carbocycles. The number of carbonyl (C=O) groups is 1. The van der Waals surface area contributed by atoms with Gasteiger partial charge in [0.1, 0.15) is 11.8 Å². The average molecular weight is 336 g/mol. The highest BCUT2D eigenvalue weighted by Crippen LogP contribution is 2.24. The lowest BCUT2D eigenvalue weighted by Gasteiger charge is -2.32. The maximum atomic E-state index is 12.9. The number of nitrogen functional groups attached to an aromatic ring is 1. The van der Waals surface area contributed by atoms with Crippen LogP contribution in [-0.4, -0.2) is 40.5 Å². The maximum Gasteiger partial charge on any atom is 0.270 e. The number of H-pyrrole nitrogens is 1. The van der Waals surface area contributed by atoms with Crippen molar-refractivity contribution >= 4 is 22.5 Å². The number of anilines is 1. The van der Waals surface area contributed by atoms with Gasteiger partial charge in [0, 0.05) is 28.8 Å². The Bertz CT molecular complexity index is 881. The molecule has 1 fully saturated rings. The van der Waals surface area contributed by atoms with Crippen molar-refractivity contribution in [2.45, 2.75) is 13.0 Å². The monoisotopic (exact) mass is 336 g/mol. The second-order valence-electron chi connectivity index (χ2n) is 6.35. The minimum Gasteiger partial charge on any atom is -0.399 e. The normalized spacial score (nSPS) is 17.8. The number of rotatable bonds is 2. The summed E-state index contributed by atoms with van der Waals surface area (Å²) in [6.07, 6.45) is -0.260. The van der Waals surface area contributed by atoms with E-state index in [4.69, 9.17) is 10.5 Å². The highest BCUT2D eigenvalue weighted by Gasteiger charge is 2.28. The van der Waals surface area contributed by atoms with E-state index < -0.39 is 0 Å². The zero-order valence-electron chi connectivity index (χ0n) is 14.0. The molecule has 1 saturated heterocycles. The fraction of sp³-hybridized carbons (Fsp3) is 0.263. The molecule has 0 spiro atoms. The van der Waals surface area contributed by atoms with Crippen LogP contribution in [0.4, 0.5) is 5.69 Å². The second-order valence-corrected chi connectivity index (χ2v) is 6.35. The third-order valence-electron chi connectivity index (χ3n) is 4.44. The lowest BCUT2D eigenvalue weighted by Crippen LogP contribution is -2.42. The standard InChI is InChI=1S/C19H20N4O2/c1-12-8-14(20)10-16(21-12)18-11-23(6-7-25-18)19(24)17-9-13-4-2-3-5-15(13)22-17/h2-5,8-10,18,22H,6-7,11H2,1H3,(H2,20,21)/t18-/m1/s1. The van der Waals surface area contributed by atoms with E-state index >= 15 is 0 Å². The van der Waals surface area contributed by atoms with Gasteiger partial charge in [-0.2, -0.15) is 0 Å². The molecule has 6 heteroatoms. The van der Waals surface area contributed by atoms with Crippen LogP contribution >= 0.6 is 0 Å². The number of carbonyl (C=O) groups excluding carboxylic acids is 1. The molecular formula is C19H20N4O2. The Labute approximate surface area is 145 Å². The quantitative estimate of drug-likeness (QED) is 0.753. The predicted molar refractivity (Wildman–Crippen MR) is 96.3 cm³/mol. The molecule has 2 aromatic heterocycles. The first-order valence-corrected chi connectivity index (χ1v) is 8.33. The van der Waals surface area contributed by atoms with Gasteiger partial charge in [0.2, 0.25) is 0 Å². The minimum atomic E-state index is -0.260. The first kappa shape index (κ1) is 15.7. The molecule has 0 unspecified atom stereocenters. The summed E-state index contributed by atoms with van der Waals surface area (Å²) in [6, 6.07) is 13.4. The van der Waals surface area contributed by atoms with Gasteiger partial charge in [-0.3, -0.25) is 9.78 Å². The molecule has 3 N–H and O–H groups in total. The first-order valence-electron chi connectivity index (χ1n) is 8.33. The molecule has 3 heterocycles. The van der Waals surface area contributed by atoms with Crippen LogP contribution < -0.4 is 5.73 Å². The van der Waals surface area contributed by atoms with Gasteiger partial charge in [-0.1, -0.05) is 18.2 Å². The van der Waals surface area contributed by atoms with E-state index in [2.05, 4.69) is 9.97 Å². The van der Waals surface area contributed by atoms with Gasteiger partial charge in [-0.15, -0.1) is 0 Å². The molecule has 128 valence electrons. The van der Waals surface area contributed by atoms with E-state index in [0.717, 1.165) is 22.3 Å². The maximum absolute atomic E-state index is 12.9. The van der Waals surface area contributed by atoms with E-state index in [1.807, 2.05) is 49.4 Å². The van der Waals surface area contributed by atoms with Crippen molar-refractivity contribution < 1.29 is 9.53 Å². The molecule has 6 nitrogen and oxygen atoms in total. The third-order valence-corrected chi connectivity index (χ3v) is 4.44. The van der Waals surface area contributed by atoms with Crippen molar-refractivity contribution in [3.63, 3.8) is 0 Å². The lowest BCUT2D eigenvalue weighted by molar-refractivity contribution is -0.0249. The topological polar surface area (TPSA) is 84.2 Å². The SMILES string of the molecule is Cc1cc(N)cc([C@H]2CN(C(=O)c3cc4ccccc4[nH]3)CCO2)n1. The zero-order chi connectivity index (χ0) is 17.4. The summed E-state index contributed by atoms with van der Waals surface area (Å²) in [5.74, 6) is -0.0230. The van der Waals surface area contributed by atoms with Crippen molar-refractivity contribution in [2.24, 2.45) is 0 Å². The number of aromatic amines is 1. The predicted octanol–water partition coefficient (Wildman–Crippen LogP) is 2.67. The largest absolute Gasteiger partial charge is 0.399 e. The highest BCUT2D eigenvalue weighted by atomic mass is 16.5. The van der Waals surface area contributed by atoms with E-state index in [1.165, 1.54) is 0 Å². The van der Waals surface area contributed by atoms with E-state index in [-0.39, 0.29) is 12.0 Å². The minimum absolute atomic E-state index is 0.0230. The molecule has 0 bridgehead atoms. The smallest absolute Gasteiger partial charge is 0.270 e. The molecule has 1 aromatic carbocycles. The van der Waals surface area contributed by atoms with E-state index in [9.17, 15) is 4.79 Å². The number of hydrogen-bond donors (Lipinski definition) is 2. The first-order chi connectivity index (χ1) is 12.1. The summed E-state index contributed by atoms with van der Waals surface area (Å²) >= 11 is 0. The third kappa shape index (κ3) is 3.08. The van der Waals surface area contributed by atoms with E-state index in [1.54, 1.807) is 4.90 Å². The van der Waals surface area contributed by atoms with Crippen LogP contribution in [0.2, 0.25) is 0 Å². The number of aryl methyl sites for hydroxylation is 1. The molecular weight excluding hydrogens is 316 g/mol. The van der Waals surface area contributed by atoms with Gasteiger partial charge in [0.25, 0.3) is 5.91 Å². The van der Waals surface area contributed by atoms with Gasteiger partial charge in [0.05, 0.1) is 18.8 Å². The number of amides is 1. The van der Waals surface area contributed by atoms with Gasteiger partial charge in [-0.25, -0.2) is 0 Å². The van der Waals surface area contributed by atoms with Crippen LogP contribution in [0.1, 0.15) is 28.0 Å². The number of ether oxygens (including phenoxy) is 1. The number of aromatic nitrogens is 2. The van der Waals surface area contributed by atoms with Crippen molar-refractivity contribution in [3.05, 3.63) is 59.5 Å². The van der Waals surface area contributed by atoms with Gasteiger partial charge >= 0.3 is 0 Å². The molecule has 1 aliphatic heterocycles. The number of benzene rings is 1. The Morgan fingerprint density at radius 2 is 2.16 bits per heavy atom. The van der Waals surface area contributed by atoms with Gasteiger partial charge < -0.3 is 20.4 Å². The summed E-state index contributed by atoms with van der Waals surface area (Å²) in [6.45, 7) is 3.40. The molecule has 0 aliphatic carbocycles. The van der Waals surface area contributed by atoms with Crippen LogP contribution in [0.25, 0.3) is 10.9 Å². The number of nitrogens with one attached hydrogen (secondary N) is 1. The molecule has 1 atom stereocenters. The summed E-state index contributed by atoms with van der Waals surface area (Å²) in [5, 5.41) is 1.03. The van der Waals surface area contributed by atoms with Gasteiger partial charge in [0.15, 0.2) is 0 Å². The number of nitrogens with two attached hydrogens (primary N) is 1. The fourth-order valence-corrected chi connectivity index (χ4v) is 3.26. The van der Waals surface area contributed by atoms with Gasteiger partial charge in [-0.05, 0) is 31.2 Å². The van der Waals surface area contributed by atoms with E-state index in [0.29, 0.717) is 31.1 Å². The Balaban J connectivity index is 1.57. The lowest BCUT2D eigenvalue weighted by atomic mass is 10.1. The van der Waals surface area contributed by atoms with Crippen molar-refractivity contribution in [2.75, 3.05) is 25.4 Å². The zero-order valence-corrected chi connectivity index (χ0v) is 14.0. The number of fused-ring (bicyclic) bond motifs is 1. The van der Waals surface area contributed by atoms with Crippen molar-refractivity contribution in [1.82, 2.24) is 14.9 Å². The molecule has 0 radical (unpaired) electrons. The van der Waals surface area contributed by atoms with Crippen LogP contribution in [-0.2, 0) is 4.74 Å².